The van der Waals surface area contributed by atoms with Gasteiger partial charge in [0.15, 0.2) is 0 Å². The van der Waals surface area contributed by atoms with Gasteiger partial charge >= 0.3 is 0 Å². The maximum absolute atomic E-state index is 13.4. The highest BCUT2D eigenvalue weighted by atomic mass is 35.5. The van der Waals surface area contributed by atoms with Gasteiger partial charge in [0.25, 0.3) is 0 Å². The minimum atomic E-state index is -0.812. The normalized spacial score (nSPS) is 10.3. The molecule has 122 valence electrons. The Morgan fingerprint density at radius 1 is 1.22 bits per heavy atom. The monoisotopic (exact) mass is 340 g/mol. The number of methoxy groups -OCH3 is 1. The number of ether oxygens (including phenoxy) is 1. The van der Waals surface area contributed by atoms with Crippen molar-refractivity contribution in [3.8, 4) is 5.75 Å². The molecule has 2 aromatic carbocycles. The van der Waals surface area contributed by atoms with Crippen LogP contribution in [0.2, 0.25) is 5.02 Å². The topological polar surface area (TPSA) is 50.4 Å². The molecule has 0 bridgehead atoms. The molecule has 0 atom stereocenters. The molecule has 0 spiro atoms. The molecule has 0 heterocycles. The van der Waals surface area contributed by atoms with E-state index in [2.05, 4.69) is 10.6 Å². The van der Waals surface area contributed by atoms with Crippen LogP contribution in [0.3, 0.4) is 0 Å². The fraction of sp³-hybridized carbons (Fsp3) is 0.188. The number of carbonyl (C=O) groups is 1. The van der Waals surface area contributed by atoms with Crippen LogP contribution in [0, 0.1) is 11.6 Å². The summed E-state index contributed by atoms with van der Waals surface area (Å²) in [5, 5.41) is 5.86. The fourth-order valence-electron chi connectivity index (χ4n) is 1.90. The molecule has 0 aliphatic heterocycles. The van der Waals surface area contributed by atoms with Gasteiger partial charge in [-0.25, -0.2) is 8.78 Å². The van der Waals surface area contributed by atoms with Crippen LogP contribution >= 0.6 is 11.6 Å². The van der Waals surface area contributed by atoms with Gasteiger partial charge in [-0.3, -0.25) is 4.79 Å². The maximum Gasteiger partial charge on any atom is 0.226 e. The summed E-state index contributed by atoms with van der Waals surface area (Å²) in [6, 6.07) is 8.13. The summed E-state index contributed by atoms with van der Waals surface area (Å²) in [4.78, 5) is 11.7. The summed E-state index contributed by atoms with van der Waals surface area (Å²) in [7, 11) is 1.52. The summed E-state index contributed by atoms with van der Waals surface area (Å²) < 4.78 is 31.2. The predicted molar refractivity (Wildman–Crippen MR) is 86.1 cm³/mol. The van der Waals surface area contributed by atoms with Gasteiger partial charge in [-0.1, -0.05) is 11.6 Å². The van der Waals surface area contributed by atoms with Crippen molar-refractivity contribution in [2.45, 2.75) is 6.42 Å². The predicted octanol–water partition coefficient (Wildman–Crippen LogP) is 4.07. The molecule has 7 heteroatoms. The van der Waals surface area contributed by atoms with Gasteiger partial charge in [0, 0.05) is 24.7 Å². The van der Waals surface area contributed by atoms with Crippen molar-refractivity contribution in [1.29, 1.82) is 0 Å². The Balaban J connectivity index is 1.84. The van der Waals surface area contributed by atoms with Gasteiger partial charge < -0.3 is 15.4 Å². The van der Waals surface area contributed by atoms with Crippen molar-refractivity contribution in [2.24, 2.45) is 0 Å². The third kappa shape index (κ3) is 4.82. The van der Waals surface area contributed by atoms with E-state index in [4.69, 9.17) is 16.3 Å². The zero-order chi connectivity index (χ0) is 16.8. The number of anilines is 2. The number of carbonyl (C=O) groups excluding carboxylic acids is 1. The Morgan fingerprint density at radius 3 is 2.65 bits per heavy atom. The van der Waals surface area contributed by atoms with Crippen molar-refractivity contribution >= 4 is 28.9 Å². The van der Waals surface area contributed by atoms with Crippen molar-refractivity contribution in [3.63, 3.8) is 0 Å². The lowest BCUT2D eigenvalue weighted by Gasteiger charge is -2.10. The van der Waals surface area contributed by atoms with Crippen LogP contribution in [0.1, 0.15) is 6.42 Å². The third-order valence-electron chi connectivity index (χ3n) is 3.04. The number of hydrogen-bond acceptors (Lipinski definition) is 3. The van der Waals surface area contributed by atoms with Crippen molar-refractivity contribution in [2.75, 3.05) is 24.3 Å². The first-order valence-electron chi connectivity index (χ1n) is 6.82. The molecule has 0 unspecified atom stereocenters. The first-order chi connectivity index (χ1) is 11.0. The lowest BCUT2D eigenvalue weighted by molar-refractivity contribution is -0.116. The molecule has 2 aromatic rings. The summed E-state index contributed by atoms with van der Waals surface area (Å²) in [6.07, 6.45) is 0.112. The summed E-state index contributed by atoms with van der Waals surface area (Å²) in [6.45, 7) is 0.331. The van der Waals surface area contributed by atoms with Crippen LogP contribution in [0.15, 0.2) is 36.4 Å². The average molecular weight is 341 g/mol. The molecule has 0 fully saturated rings. The Hall–Kier alpha value is -2.34. The summed E-state index contributed by atoms with van der Waals surface area (Å²) in [5.41, 5.74) is 0.681. The minimum Gasteiger partial charge on any atom is -0.495 e. The van der Waals surface area contributed by atoms with Crippen LogP contribution in [-0.4, -0.2) is 19.6 Å². The molecule has 4 nitrogen and oxygen atoms in total. The second-order valence-electron chi connectivity index (χ2n) is 4.70. The highest BCUT2D eigenvalue weighted by molar-refractivity contribution is 6.32. The molecule has 1 amide bonds. The quantitative estimate of drug-likeness (QED) is 0.833. The van der Waals surface area contributed by atoms with E-state index in [1.807, 2.05) is 0 Å². The highest BCUT2D eigenvalue weighted by Gasteiger charge is 2.08. The van der Waals surface area contributed by atoms with Crippen LogP contribution < -0.4 is 15.4 Å². The van der Waals surface area contributed by atoms with Gasteiger partial charge in [-0.15, -0.1) is 0 Å². The van der Waals surface area contributed by atoms with Gasteiger partial charge in [-0.2, -0.15) is 0 Å². The van der Waals surface area contributed by atoms with Crippen molar-refractivity contribution in [1.82, 2.24) is 0 Å². The molecule has 0 aliphatic rings. The molecule has 0 saturated heterocycles. The number of amides is 1. The van der Waals surface area contributed by atoms with Crippen LogP contribution in [-0.2, 0) is 4.79 Å². The van der Waals surface area contributed by atoms with Crippen LogP contribution in [0.4, 0.5) is 20.2 Å². The Bertz CT molecular complexity index is 710. The van der Waals surface area contributed by atoms with E-state index in [0.29, 0.717) is 23.4 Å². The maximum atomic E-state index is 13.4. The van der Waals surface area contributed by atoms with E-state index in [9.17, 15) is 13.6 Å². The van der Waals surface area contributed by atoms with Crippen LogP contribution in [0.25, 0.3) is 0 Å². The average Bonchev–Trinajstić information content (AvgIpc) is 2.50. The van der Waals surface area contributed by atoms with Gasteiger partial charge in [0.05, 0.1) is 17.8 Å². The van der Waals surface area contributed by atoms with Gasteiger partial charge in [-0.05, 0) is 30.3 Å². The standard InChI is InChI=1S/C16H15ClF2N2O2/c1-23-15-5-3-11(9-12(15)17)20-7-6-16(22)21-14-4-2-10(18)8-13(14)19/h2-5,8-9,20H,6-7H2,1H3,(H,21,22). The summed E-state index contributed by atoms with van der Waals surface area (Å²) in [5.74, 6) is -1.34. The van der Waals surface area contributed by atoms with E-state index in [1.165, 1.54) is 13.2 Å². The molecule has 0 radical (unpaired) electrons. The SMILES string of the molecule is COc1ccc(NCCC(=O)Nc2ccc(F)cc2F)cc1Cl. The number of hydrogen-bond donors (Lipinski definition) is 2. The molecule has 2 rings (SSSR count). The van der Waals surface area contributed by atoms with Crippen LogP contribution in [0.5, 0.6) is 5.75 Å². The third-order valence-corrected chi connectivity index (χ3v) is 3.33. The fourth-order valence-corrected chi connectivity index (χ4v) is 2.16. The second-order valence-corrected chi connectivity index (χ2v) is 5.11. The lowest BCUT2D eigenvalue weighted by Crippen LogP contribution is -2.17. The van der Waals surface area contributed by atoms with Crippen molar-refractivity contribution < 1.29 is 18.3 Å². The van der Waals surface area contributed by atoms with E-state index in [1.54, 1.807) is 18.2 Å². The highest BCUT2D eigenvalue weighted by Crippen LogP contribution is 2.27. The van der Waals surface area contributed by atoms with Gasteiger partial charge in [0.2, 0.25) is 5.91 Å². The van der Waals surface area contributed by atoms with Gasteiger partial charge in [0.1, 0.15) is 17.4 Å². The van der Waals surface area contributed by atoms with E-state index in [0.717, 1.165) is 11.8 Å². The van der Waals surface area contributed by atoms with E-state index in [-0.39, 0.29) is 18.0 Å². The van der Waals surface area contributed by atoms with E-state index < -0.39 is 11.6 Å². The minimum absolute atomic E-state index is 0.0520. The van der Waals surface area contributed by atoms with E-state index >= 15 is 0 Å². The lowest BCUT2D eigenvalue weighted by atomic mass is 10.2. The molecule has 23 heavy (non-hydrogen) atoms. The summed E-state index contributed by atoms with van der Waals surface area (Å²) >= 11 is 5.99. The number of halogens is 3. The largest absolute Gasteiger partial charge is 0.495 e. The second kappa shape index (κ2) is 7.78. The zero-order valence-corrected chi connectivity index (χ0v) is 13.1. The number of benzene rings is 2. The molecule has 0 aliphatic carbocycles. The number of rotatable bonds is 6. The molecule has 0 saturated carbocycles. The zero-order valence-electron chi connectivity index (χ0n) is 12.3. The molecular weight excluding hydrogens is 326 g/mol. The Labute approximate surface area is 137 Å². The molecule has 0 aromatic heterocycles. The first-order valence-corrected chi connectivity index (χ1v) is 7.19. The van der Waals surface area contributed by atoms with Crippen molar-refractivity contribution in [3.05, 3.63) is 53.1 Å². The number of nitrogens with one attached hydrogen (secondary N) is 2. The Kier molecular flexibility index (Phi) is 5.76. The Morgan fingerprint density at radius 2 is 2.00 bits per heavy atom. The molecule has 2 N–H and O–H groups in total. The smallest absolute Gasteiger partial charge is 0.226 e. The first kappa shape index (κ1) is 17.0. The molecular formula is C16H15ClF2N2O2.